The first-order valence-corrected chi connectivity index (χ1v) is 10.5. The first kappa shape index (κ1) is 22.8. The van der Waals surface area contributed by atoms with Crippen LogP contribution in [0.3, 0.4) is 0 Å². The van der Waals surface area contributed by atoms with Crippen LogP contribution in [0.4, 0.5) is 4.39 Å². The summed E-state index contributed by atoms with van der Waals surface area (Å²) in [5, 5.41) is 10.3. The fraction of sp³-hybridized carbons (Fsp3) is 0.455. The van der Waals surface area contributed by atoms with Crippen molar-refractivity contribution in [2.45, 2.75) is 34.1 Å². The second-order valence-electron chi connectivity index (χ2n) is 7.27. The van der Waals surface area contributed by atoms with Gasteiger partial charge in [0.25, 0.3) is 0 Å². The molecule has 0 fully saturated rings. The highest BCUT2D eigenvalue weighted by molar-refractivity contribution is 8.03. The van der Waals surface area contributed by atoms with Crippen molar-refractivity contribution >= 4 is 29.2 Å². The molecule has 1 unspecified atom stereocenters. The van der Waals surface area contributed by atoms with Crippen LogP contribution in [0.15, 0.2) is 39.9 Å². The molecule has 0 bridgehead atoms. The van der Waals surface area contributed by atoms with Crippen LogP contribution < -0.4 is 0 Å². The molecule has 0 radical (unpaired) electrons. The van der Waals surface area contributed by atoms with E-state index in [0.717, 1.165) is 0 Å². The van der Waals surface area contributed by atoms with Gasteiger partial charge in [-0.15, -0.1) is 0 Å². The van der Waals surface area contributed by atoms with Gasteiger partial charge in [-0.25, -0.2) is 9.38 Å². The minimum atomic E-state index is -0.593. The Hall–Kier alpha value is -2.46. The normalized spacial score (nSPS) is 19.0. The lowest BCUT2D eigenvalue weighted by molar-refractivity contribution is -0.146. The maximum Gasteiger partial charge on any atom is 0.315 e. The number of hydrogen-bond acceptors (Lipinski definition) is 6. The van der Waals surface area contributed by atoms with Crippen molar-refractivity contribution in [2.75, 3.05) is 12.4 Å². The number of carbonyl (C=O) groups is 2. The van der Waals surface area contributed by atoms with Gasteiger partial charge in [-0.3, -0.25) is 9.59 Å². The Kier molecular flexibility index (Phi) is 8.15. The van der Waals surface area contributed by atoms with E-state index in [1.165, 1.54) is 36.0 Å². The topological polar surface area (TPSA) is 79.5 Å². The molecule has 5 nitrogen and oxygen atoms in total. The van der Waals surface area contributed by atoms with E-state index in [9.17, 15) is 19.2 Å². The third kappa shape index (κ3) is 5.77. The van der Waals surface area contributed by atoms with E-state index in [2.05, 4.69) is 11.1 Å². The number of benzene rings is 1. The fourth-order valence-corrected chi connectivity index (χ4v) is 4.32. The van der Waals surface area contributed by atoms with Crippen molar-refractivity contribution in [2.24, 2.45) is 22.7 Å². The van der Waals surface area contributed by atoms with Gasteiger partial charge in [0.1, 0.15) is 16.8 Å². The molecule has 1 aliphatic rings. The molecular weight excluding hydrogens is 391 g/mol. The molecular formula is C22H25FN2O3S. The summed E-state index contributed by atoms with van der Waals surface area (Å²) < 4.78 is 18.3. The molecule has 0 N–H and O–H groups in total. The molecule has 154 valence electrons. The maximum absolute atomic E-state index is 13.1. The molecule has 0 aliphatic carbocycles. The summed E-state index contributed by atoms with van der Waals surface area (Å²) in [7, 11) is 0. The lowest BCUT2D eigenvalue weighted by Gasteiger charge is -2.30. The number of halogens is 1. The number of ketones is 1. The van der Waals surface area contributed by atoms with Gasteiger partial charge >= 0.3 is 5.97 Å². The molecule has 1 aromatic carbocycles. The molecule has 0 saturated heterocycles. The molecule has 1 aromatic rings. The molecule has 29 heavy (non-hydrogen) atoms. The highest BCUT2D eigenvalue weighted by atomic mass is 32.2. The quantitative estimate of drug-likeness (QED) is 0.449. The number of aliphatic imine (C=N–C) groups is 1. The molecule has 0 spiro atoms. The van der Waals surface area contributed by atoms with E-state index in [4.69, 9.17) is 4.74 Å². The second kappa shape index (κ2) is 10.4. The van der Waals surface area contributed by atoms with E-state index in [1.807, 2.05) is 13.8 Å². The predicted molar refractivity (Wildman–Crippen MR) is 112 cm³/mol. The van der Waals surface area contributed by atoms with E-state index >= 15 is 0 Å². The number of ether oxygens (including phenoxy) is 1. The number of carbonyl (C=O) groups excluding carboxylic acids is 2. The Balaban J connectivity index is 2.28. The Bertz CT molecular complexity index is 869. The van der Waals surface area contributed by atoms with Gasteiger partial charge in [0.2, 0.25) is 0 Å². The number of Topliss-reactive ketones (excluding diaryl/α,β-unsaturated/α-hetero) is 1. The summed E-state index contributed by atoms with van der Waals surface area (Å²) in [5.74, 6) is -1.55. The van der Waals surface area contributed by atoms with Gasteiger partial charge in [0, 0.05) is 17.2 Å². The summed E-state index contributed by atoms with van der Waals surface area (Å²) >= 11 is 1.17. The van der Waals surface area contributed by atoms with Crippen molar-refractivity contribution in [1.82, 2.24) is 0 Å². The smallest absolute Gasteiger partial charge is 0.315 e. The standard InChI is InChI=1S/C22H25FN2O3S/c1-5-28-22(27)20-14(4)25-21(18(11-24)17(20)10-13(2)3)29-12-19(26)15-6-8-16(23)9-7-15/h6-9,13,17,20H,5,10,12H2,1-4H3/t17-,20?/m1/s1. The molecule has 1 heterocycles. The monoisotopic (exact) mass is 416 g/mol. The third-order valence-corrected chi connectivity index (χ3v) is 5.62. The van der Waals surface area contributed by atoms with Gasteiger partial charge in [-0.1, -0.05) is 25.6 Å². The number of esters is 1. The largest absolute Gasteiger partial charge is 0.465 e. The van der Waals surface area contributed by atoms with E-state index < -0.39 is 11.7 Å². The number of allylic oxidation sites excluding steroid dienone is 1. The zero-order chi connectivity index (χ0) is 21.6. The molecule has 2 atom stereocenters. The number of rotatable bonds is 8. The van der Waals surface area contributed by atoms with Crippen LogP contribution in [0.5, 0.6) is 0 Å². The molecule has 0 saturated carbocycles. The highest BCUT2D eigenvalue weighted by Gasteiger charge is 2.39. The van der Waals surface area contributed by atoms with Crippen molar-refractivity contribution < 1.29 is 18.7 Å². The lowest BCUT2D eigenvalue weighted by atomic mass is 9.77. The van der Waals surface area contributed by atoms with E-state index in [1.54, 1.807) is 13.8 Å². The third-order valence-electron chi connectivity index (χ3n) is 4.62. The van der Waals surface area contributed by atoms with Gasteiger partial charge in [0.15, 0.2) is 5.78 Å². The van der Waals surface area contributed by atoms with Crippen molar-refractivity contribution in [1.29, 1.82) is 5.26 Å². The Morgan fingerprint density at radius 2 is 1.97 bits per heavy atom. The van der Waals surface area contributed by atoms with Crippen LogP contribution >= 0.6 is 11.8 Å². The first-order chi connectivity index (χ1) is 13.8. The van der Waals surface area contributed by atoms with Crippen LogP contribution in [-0.2, 0) is 9.53 Å². The summed E-state index contributed by atoms with van der Waals surface area (Å²) in [6, 6.07) is 7.56. The van der Waals surface area contributed by atoms with Crippen LogP contribution in [0.2, 0.25) is 0 Å². The Morgan fingerprint density at radius 3 is 2.52 bits per heavy atom. The van der Waals surface area contributed by atoms with Crippen LogP contribution in [0, 0.1) is 34.9 Å². The summed E-state index contributed by atoms with van der Waals surface area (Å²) in [6.45, 7) is 7.82. The Labute approximate surface area is 175 Å². The fourth-order valence-electron chi connectivity index (χ4n) is 3.33. The van der Waals surface area contributed by atoms with Crippen molar-refractivity contribution in [3.63, 3.8) is 0 Å². The van der Waals surface area contributed by atoms with Crippen molar-refractivity contribution in [3.05, 3.63) is 46.2 Å². The molecule has 1 aliphatic heterocycles. The zero-order valence-corrected chi connectivity index (χ0v) is 17.9. The molecule has 2 rings (SSSR count). The van der Waals surface area contributed by atoms with E-state index in [-0.39, 0.29) is 35.9 Å². The molecule has 0 aromatic heterocycles. The maximum atomic E-state index is 13.1. The molecule has 7 heteroatoms. The number of hydrogen-bond donors (Lipinski definition) is 0. The summed E-state index contributed by atoms with van der Waals surface area (Å²) in [6.07, 6.45) is 0.634. The van der Waals surface area contributed by atoms with Crippen LogP contribution in [0.1, 0.15) is 44.5 Å². The van der Waals surface area contributed by atoms with Crippen molar-refractivity contribution in [3.8, 4) is 6.07 Å². The van der Waals surface area contributed by atoms with Gasteiger partial charge in [0.05, 0.1) is 24.0 Å². The van der Waals surface area contributed by atoms with Gasteiger partial charge in [-0.05, 0) is 50.5 Å². The minimum Gasteiger partial charge on any atom is -0.465 e. The summed E-state index contributed by atoms with van der Waals surface area (Å²) in [4.78, 5) is 29.4. The number of nitriles is 1. The van der Waals surface area contributed by atoms with Gasteiger partial charge in [-0.2, -0.15) is 5.26 Å². The van der Waals surface area contributed by atoms with Gasteiger partial charge < -0.3 is 4.74 Å². The van der Waals surface area contributed by atoms with Crippen LogP contribution in [0.25, 0.3) is 0 Å². The number of nitrogens with zero attached hydrogens (tertiary/aromatic N) is 2. The molecule has 0 amide bonds. The predicted octanol–water partition coefficient (Wildman–Crippen LogP) is 4.79. The average molecular weight is 417 g/mol. The average Bonchev–Trinajstić information content (AvgIpc) is 2.66. The van der Waals surface area contributed by atoms with E-state index in [0.29, 0.717) is 28.3 Å². The second-order valence-corrected chi connectivity index (χ2v) is 8.23. The highest BCUT2D eigenvalue weighted by Crippen LogP contribution is 2.39. The SMILES string of the molecule is CCOC(=O)C1C(C)=NC(SCC(=O)c2ccc(F)cc2)=C(C#N)[C@H]1CC(C)C. The summed E-state index contributed by atoms with van der Waals surface area (Å²) in [5.41, 5.74) is 1.40. The van der Waals surface area contributed by atoms with Crippen LogP contribution in [-0.4, -0.2) is 29.8 Å². The first-order valence-electron chi connectivity index (χ1n) is 9.56. The Morgan fingerprint density at radius 1 is 1.31 bits per heavy atom. The number of thioether (sulfide) groups is 1. The minimum absolute atomic E-state index is 0.0708. The lowest BCUT2D eigenvalue weighted by Crippen LogP contribution is -2.36. The zero-order valence-electron chi connectivity index (χ0n) is 17.1.